The molecule has 0 amide bonds. The van der Waals surface area contributed by atoms with Gasteiger partial charge in [0, 0.05) is 12.6 Å². The highest BCUT2D eigenvalue weighted by molar-refractivity contribution is 6.03. The number of rotatable bonds is 3. The van der Waals surface area contributed by atoms with Crippen LogP contribution >= 0.6 is 0 Å². The summed E-state index contributed by atoms with van der Waals surface area (Å²) in [6.07, 6.45) is 3.20. The number of aromatic nitrogens is 2. The second-order valence-corrected chi connectivity index (χ2v) is 3.48. The van der Waals surface area contributed by atoms with Crippen LogP contribution in [0.3, 0.4) is 0 Å². The quantitative estimate of drug-likeness (QED) is 0.716. The van der Waals surface area contributed by atoms with Crippen molar-refractivity contribution in [2.24, 2.45) is 0 Å². The van der Waals surface area contributed by atoms with Crippen molar-refractivity contribution in [3.63, 3.8) is 0 Å². The first-order valence-corrected chi connectivity index (χ1v) is 5.27. The summed E-state index contributed by atoms with van der Waals surface area (Å²) in [5.74, 6) is 0.174. The first-order valence-electron chi connectivity index (χ1n) is 5.27. The molecule has 78 valence electrons. The molecule has 2 aromatic heterocycles. The molecule has 0 aliphatic rings. The van der Waals surface area contributed by atoms with E-state index < -0.39 is 0 Å². The van der Waals surface area contributed by atoms with Gasteiger partial charge in [-0.05, 0) is 18.6 Å². The zero-order valence-electron chi connectivity index (χ0n) is 9.03. The molecule has 2 aromatic rings. The average Bonchev–Trinajstić information content (AvgIpc) is 2.66. The first kappa shape index (κ1) is 9.90. The topological polar surface area (TPSA) is 34.4 Å². The maximum atomic E-state index is 11.8. The lowest BCUT2D eigenvalue weighted by molar-refractivity contribution is 0.0989. The average molecular weight is 202 g/mol. The molecule has 0 atom stereocenters. The fraction of sp³-hybridized carbons (Fsp3) is 0.333. The Labute approximate surface area is 88.7 Å². The standard InChI is InChI=1S/C12H14N2O/c1-3-9-12(11(15)4-2)10-7-5-6-8-14(10)13-9/h5-8H,3-4H2,1-2H3. The van der Waals surface area contributed by atoms with E-state index in [9.17, 15) is 4.79 Å². The van der Waals surface area contributed by atoms with E-state index in [1.165, 1.54) is 0 Å². The predicted molar refractivity (Wildman–Crippen MR) is 59.2 cm³/mol. The van der Waals surface area contributed by atoms with Gasteiger partial charge < -0.3 is 0 Å². The van der Waals surface area contributed by atoms with Gasteiger partial charge in [-0.1, -0.05) is 19.9 Å². The minimum Gasteiger partial charge on any atom is -0.294 e. The number of Topliss-reactive ketones (excluding diaryl/α,β-unsaturated/α-hetero) is 1. The van der Waals surface area contributed by atoms with Crippen LogP contribution in [0.25, 0.3) is 5.52 Å². The number of hydrogen-bond donors (Lipinski definition) is 0. The number of aryl methyl sites for hydroxylation is 1. The summed E-state index contributed by atoms with van der Waals surface area (Å²) in [6, 6.07) is 5.79. The monoisotopic (exact) mass is 202 g/mol. The van der Waals surface area contributed by atoms with Crippen molar-refractivity contribution in [2.45, 2.75) is 26.7 Å². The van der Waals surface area contributed by atoms with Crippen LogP contribution < -0.4 is 0 Å². The molecule has 0 aliphatic heterocycles. The molecule has 0 spiro atoms. The number of carbonyl (C=O) groups excluding carboxylic acids is 1. The molecule has 3 nitrogen and oxygen atoms in total. The van der Waals surface area contributed by atoms with Gasteiger partial charge in [0.25, 0.3) is 0 Å². The molecule has 0 N–H and O–H groups in total. The van der Waals surface area contributed by atoms with Crippen LogP contribution in [0, 0.1) is 0 Å². The van der Waals surface area contributed by atoms with Crippen LogP contribution in [0.2, 0.25) is 0 Å². The van der Waals surface area contributed by atoms with Crippen molar-refractivity contribution in [3.05, 3.63) is 35.7 Å². The highest BCUT2D eigenvalue weighted by Gasteiger charge is 2.16. The SMILES string of the molecule is CCC(=O)c1c(CC)nn2ccccc12. The Morgan fingerprint density at radius 3 is 2.87 bits per heavy atom. The number of carbonyl (C=O) groups is 1. The summed E-state index contributed by atoms with van der Waals surface area (Å²) in [5, 5.41) is 4.40. The maximum Gasteiger partial charge on any atom is 0.166 e. The number of nitrogens with zero attached hydrogens (tertiary/aromatic N) is 2. The Bertz CT molecular complexity index is 499. The fourth-order valence-electron chi connectivity index (χ4n) is 1.78. The zero-order chi connectivity index (χ0) is 10.8. The predicted octanol–water partition coefficient (Wildman–Crippen LogP) is 2.49. The van der Waals surface area contributed by atoms with Crippen LogP contribution in [-0.2, 0) is 6.42 Å². The maximum absolute atomic E-state index is 11.8. The molecule has 2 rings (SSSR count). The zero-order valence-corrected chi connectivity index (χ0v) is 9.03. The van der Waals surface area contributed by atoms with Crippen molar-refractivity contribution in [2.75, 3.05) is 0 Å². The Morgan fingerprint density at radius 2 is 2.20 bits per heavy atom. The molecule has 0 aliphatic carbocycles. The summed E-state index contributed by atoms with van der Waals surface area (Å²) in [4.78, 5) is 11.8. The van der Waals surface area contributed by atoms with Gasteiger partial charge >= 0.3 is 0 Å². The van der Waals surface area contributed by atoms with E-state index in [1.54, 1.807) is 4.52 Å². The van der Waals surface area contributed by atoms with Gasteiger partial charge in [0.2, 0.25) is 0 Å². The third-order valence-electron chi connectivity index (χ3n) is 2.55. The van der Waals surface area contributed by atoms with Gasteiger partial charge in [-0.2, -0.15) is 5.10 Å². The molecular weight excluding hydrogens is 188 g/mol. The van der Waals surface area contributed by atoms with E-state index in [1.807, 2.05) is 38.2 Å². The Hall–Kier alpha value is -1.64. The smallest absolute Gasteiger partial charge is 0.166 e. The van der Waals surface area contributed by atoms with Crippen molar-refractivity contribution < 1.29 is 4.79 Å². The molecule has 15 heavy (non-hydrogen) atoms. The lowest BCUT2D eigenvalue weighted by Gasteiger charge is -1.97. The molecule has 3 heteroatoms. The summed E-state index contributed by atoms with van der Waals surface area (Å²) < 4.78 is 1.78. The summed E-state index contributed by atoms with van der Waals surface area (Å²) in [7, 11) is 0. The minimum atomic E-state index is 0.174. The van der Waals surface area contributed by atoms with Gasteiger partial charge in [0.15, 0.2) is 5.78 Å². The third-order valence-corrected chi connectivity index (χ3v) is 2.55. The largest absolute Gasteiger partial charge is 0.294 e. The van der Waals surface area contributed by atoms with Crippen molar-refractivity contribution in [1.82, 2.24) is 9.61 Å². The van der Waals surface area contributed by atoms with E-state index >= 15 is 0 Å². The molecule has 0 radical (unpaired) electrons. The van der Waals surface area contributed by atoms with Gasteiger partial charge in [-0.3, -0.25) is 4.79 Å². The summed E-state index contributed by atoms with van der Waals surface area (Å²) in [6.45, 7) is 3.91. The van der Waals surface area contributed by atoms with E-state index in [0.717, 1.165) is 23.2 Å². The molecule has 0 bridgehead atoms. The molecule has 0 unspecified atom stereocenters. The van der Waals surface area contributed by atoms with Gasteiger partial charge in [-0.15, -0.1) is 0 Å². The van der Waals surface area contributed by atoms with E-state index in [-0.39, 0.29) is 5.78 Å². The fourth-order valence-corrected chi connectivity index (χ4v) is 1.78. The molecule has 0 fully saturated rings. The third kappa shape index (κ3) is 1.54. The molecule has 0 saturated heterocycles. The minimum absolute atomic E-state index is 0.174. The summed E-state index contributed by atoms with van der Waals surface area (Å²) >= 11 is 0. The number of pyridine rings is 1. The van der Waals surface area contributed by atoms with Crippen LogP contribution in [0.15, 0.2) is 24.4 Å². The lowest BCUT2D eigenvalue weighted by atomic mass is 10.1. The Morgan fingerprint density at radius 1 is 1.40 bits per heavy atom. The number of ketones is 1. The van der Waals surface area contributed by atoms with Crippen molar-refractivity contribution in [1.29, 1.82) is 0 Å². The molecule has 2 heterocycles. The van der Waals surface area contributed by atoms with E-state index in [0.29, 0.717) is 6.42 Å². The molecule has 0 saturated carbocycles. The lowest BCUT2D eigenvalue weighted by Crippen LogP contribution is -1.99. The van der Waals surface area contributed by atoms with Gasteiger partial charge in [0.1, 0.15) is 0 Å². The number of hydrogen-bond acceptors (Lipinski definition) is 2. The highest BCUT2D eigenvalue weighted by Crippen LogP contribution is 2.17. The summed E-state index contributed by atoms with van der Waals surface area (Å²) in [5.41, 5.74) is 2.61. The Balaban J connectivity index is 2.72. The van der Waals surface area contributed by atoms with Gasteiger partial charge in [0.05, 0.1) is 16.8 Å². The van der Waals surface area contributed by atoms with Gasteiger partial charge in [-0.25, -0.2) is 4.52 Å². The van der Waals surface area contributed by atoms with Crippen molar-refractivity contribution >= 4 is 11.3 Å². The second kappa shape index (κ2) is 3.85. The van der Waals surface area contributed by atoms with Crippen LogP contribution in [0.4, 0.5) is 0 Å². The second-order valence-electron chi connectivity index (χ2n) is 3.48. The number of fused-ring (bicyclic) bond motifs is 1. The Kier molecular flexibility index (Phi) is 2.54. The molecular formula is C12H14N2O. The van der Waals surface area contributed by atoms with Crippen LogP contribution in [0.1, 0.15) is 36.3 Å². The molecule has 0 aromatic carbocycles. The van der Waals surface area contributed by atoms with Crippen LogP contribution in [-0.4, -0.2) is 15.4 Å². The van der Waals surface area contributed by atoms with Crippen molar-refractivity contribution in [3.8, 4) is 0 Å². The highest BCUT2D eigenvalue weighted by atomic mass is 16.1. The normalized spacial score (nSPS) is 10.8. The first-order chi connectivity index (χ1) is 7.27. The van der Waals surface area contributed by atoms with E-state index in [4.69, 9.17) is 0 Å². The van der Waals surface area contributed by atoms with E-state index in [2.05, 4.69) is 5.10 Å². The van der Waals surface area contributed by atoms with Crippen LogP contribution in [0.5, 0.6) is 0 Å².